The van der Waals surface area contributed by atoms with Crippen molar-refractivity contribution in [2.24, 2.45) is 0 Å². The molecule has 0 saturated carbocycles. The molecule has 32 heavy (non-hydrogen) atoms. The average molecular weight is 438 g/mol. The highest BCUT2D eigenvalue weighted by Gasteiger charge is 2.28. The minimum absolute atomic E-state index is 0.245. The molecule has 0 radical (unpaired) electrons. The molecule has 1 aliphatic rings. The SMILES string of the molecule is COc1cc2cc3c(c(-c4ccc(N(C)CC(OC)OC)nc4)c2cc1OC)C(=O)OC3. The first-order chi connectivity index (χ1) is 15.5. The number of hydrogen-bond donors (Lipinski definition) is 0. The van der Waals surface area contributed by atoms with Crippen LogP contribution in [0.25, 0.3) is 21.9 Å². The van der Waals surface area contributed by atoms with Crippen LogP contribution in [0.15, 0.2) is 36.5 Å². The Hall–Kier alpha value is -3.36. The van der Waals surface area contributed by atoms with E-state index in [0.29, 0.717) is 23.6 Å². The minimum Gasteiger partial charge on any atom is -0.493 e. The fourth-order valence-electron chi connectivity index (χ4n) is 3.97. The third-order valence-electron chi connectivity index (χ3n) is 5.67. The number of carbonyl (C=O) groups excluding carboxylic acids is 1. The van der Waals surface area contributed by atoms with Crippen molar-refractivity contribution in [3.8, 4) is 22.6 Å². The topological polar surface area (TPSA) is 79.4 Å². The first kappa shape index (κ1) is 21.9. The minimum atomic E-state index is -0.361. The van der Waals surface area contributed by atoms with E-state index in [1.165, 1.54) is 0 Å². The third-order valence-corrected chi connectivity index (χ3v) is 5.67. The number of carbonyl (C=O) groups is 1. The Kier molecular flexibility index (Phi) is 6.16. The van der Waals surface area contributed by atoms with Gasteiger partial charge in [0.2, 0.25) is 0 Å². The van der Waals surface area contributed by atoms with Crippen LogP contribution in [0.2, 0.25) is 0 Å². The molecule has 8 heteroatoms. The number of ether oxygens (including phenoxy) is 5. The van der Waals surface area contributed by atoms with Gasteiger partial charge in [0.05, 0.1) is 26.3 Å². The van der Waals surface area contributed by atoms with Gasteiger partial charge in [-0.05, 0) is 41.1 Å². The zero-order chi connectivity index (χ0) is 22.8. The van der Waals surface area contributed by atoms with Gasteiger partial charge in [0.1, 0.15) is 12.4 Å². The Morgan fingerprint density at radius 1 is 1.03 bits per heavy atom. The number of nitrogens with zero attached hydrogens (tertiary/aromatic N) is 2. The molecule has 2 heterocycles. The lowest BCUT2D eigenvalue weighted by atomic mass is 9.91. The van der Waals surface area contributed by atoms with E-state index in [-0.39, 0.29) is 18.9 Å². The molecular formula is C24H26N2O6. The second kappa shape index (κ2) is 9.02. The van der Waals surface area contributed by atoms with Gasteiger partial charge in [-0.25, -0.2) is 9.78 Å². The Labute approximate surface area is 186 Å². The second-order valence-corrected chi connectivity index (χ2v) is 7.48. The lowest BCUT2D eigenvalue weighted by Gasteiger charge is -2.23. The molecule has 0 aliphatic carbocycles. The van der Waals surface area contributed by atoms with E-state index >= 15 is 0 Å². The molecule has 2 aromatic carbocycles. The highest BCUT2D eigenvalue weighted by Crippen LogP contribution is 2.42. The van der Waals surface area contributed by atoms with Crippen molar-refractivity contribution in [1.82, 2.24) is 4.98 Å². The molecule has 168 valence electrons. The molecule has 0 atom stereocenters. The van der Waals surface area contributed by atoms with Crippen LogP contribution in [-0.4, -0.2) is 59.3 Å². The summed E-state index contributed by atoms with van der Waals surface area (Å²) in [6.07, 6.45) is 1.40. The number of anilines is 1. The van der Waals surface area contributed by atoms with Crippen LogP contribution >= 0.6 is 0 Å². The second-order valence-electron chi connectivity index (χ2n) is 7.48. The van der Waals surface area contributed by atoms with Gasteiger partial charge < -0.3 is 28.6 Å². The standard InChI is InChI=1S/C24H26N2O6/c1-26(12-21(30-4)31-5)20-7-6-14(11-25-20)22-17-10-19(29-3)18(28-2)9-15(17)8-16-13-32-24(27)23(16)22/h6-11,21H,12-13H2,1-5H3. The Morgan fingerprint density at radius 3 is 2.38 bits per heavy atom. The molecule has 4 rings (SSSR count). The number of methoxy groups -OCH3 is 4. The number of pyridine rings is 1. The van der Waals surface area contributed by atoms with Crippen molar-refractivity contribution in [1.29, 1.82) is 0 Å². The summed E-state index contributed by atoms with van der Waals surface area (Å²) in [7, 11) is 8.30. The maximum Gasteiger partial charge on any atom is 0.339 e. The fraction of sp³-hybridized carbons (Fsp3) is 0.333. The molecule has 0 amide bonds. The average Bonchev–Trinajstić information content (AvgIpc) is 3.20. The summed E-state index contributed by atoms with van der Waals surface area (Å²) in [5, 5.41) is 1.79. The van der Waals surface area contributed by atoms with Gasteiger partial charge in [-0.1, -0.05) is 0 Å². The van der Waals surface area contributed by atoms with E-state index in [2.05, 4.69) is 4.98 Å². The molecule has 0 unspecified atom stereocenters. The van der Waals surface area contributed by atoms with Crippen LogP contribution < -0.4 is 14.4 Å². The van der Waals surface area contributed by atoms with Crippen molar-refractivity contribution < 1.29 is 28.5 Å². The summed E-state index contributed by atoms with van der Waals surface area (Å²) in [5.74, 6) is 1.63. The van der Waals surface area contributed by atoms with Crippen molar-refractivity contribution >= 4 is 22.6 Å². The summed E-state index contributed by atoms with van der Waals surface area (Å²) in [4.78, 5) is 19.2. The van der Waals surface area contributed by atoms with E-state index in [0.717, 1.165) is 33.3 Å². The van der Waals surface area contributed by atoms with Crippen molar-refractivity contribution in [2.75, 3.05) is 46.9 Å². The largest absolute Gasteiger partial charge is 0.493 e. The van der Waals surface area contributed by atoms with E-state index in [4.69, 9.17) is 23.7 Å². The fourth-order valence-corrected chi connectivity index (χ4v) is 3.97. The normalized spacial score (nSPS) is 12.8. The molecule has 1 aromatic heterocycles. The zero-order valence-electron chi connectivity index (χ0n) is 18.8. The van der Waals surface area contributed by atoms with Gasteiger partial charge in [0, 0.05) is 44.2 Å². The number of rotatable bonds is 8. The number of likely N-dealkylation sites (N-methyl/N-ethyl adjacent to an activating group) is 1. The van der Waals surface area contributed by atoms with Crippen LogP contribution in [0, 0.1) is 0 Å². The number of fused-ring (bicyclic) bond motifs is 2. The van der Waals surface area contributed by atoms with Gasteiger partial charge >= 0.3 is 5.97 Å². The molecule has 0 spiro atoms. The molecular weight excluding hydrogens is 412 g/mol. The van der Waals surface area contributed by atoms with Crippen LogP contribution in [0.1, 0.15) is 15.9 Å². The molecule has 1 aliphatic heterocycles. The molecule has 3 aromatic rings. The highest BCUT2D eigenvalue weighted by molar-refractivity contribution is 6.11. The van der Waals surface area contributed by atoms with Crippen LogP contribution in [0.4, 0.5) is 5.82 Å². The number of aromatic nitrogens is 1. The maximum absolute atomic E-state index is 12.6. The lowest BCUT2D eigenvalue weighted by molar-refractivity contribution is -0.0944. The number of benzene rings is 2. The summed E-state index contributed by atoms with van der Waals surface area (Å²) in [6, 6.07) is 9.62. The van der Waals surface area contributed by atoms with Crippen molar-refractivity contribution in [2.45, 2.75) is 12.9 Å². The van der Waals surface area contributed by atoms with Gasteiger partial charge in [-0.2, -0.15) is 0 Å². The van der Waals surface area contributed by atoms with Crippen molar-refractivity contribution in [3.05, 3.63) is 47.7 Å². The summed E-state index contributed by atoms with van der Waals surface area (Å²) >= 11 is 0. The van der Waals surface area contributed by atoms with Gasteiger partial charge in [-0.3, -0.25) is 0 Å². The zero-order valence-corrected chi connectivity index (χ0v) is 18.8. The Morgan fingerprint density at radius 2 is 1.75 bits per heavy atom. The molecule has 0 bridgehead atoms. The highest BCUT2D eigenvalue weighted by atomic mass is 16.7. The monoisotopic (exact) mass is 438 g/mol. The van der Waals surface area contributed by atoms with Gasteiger partial charge in [0.25, 0.3) is 0 Å². The predicted octanol–water partition coefficient (Wildman–Crippen LogP) is 3.64. The van der Waals surface area contributed by atoms with Crippen molar-refractivity contribution in [3.63, 3.8) is 0 Å². The van der Waals surface area contributed by atoms with E-state index in [9.17, 15) is 4.79 Å². The predicted molar refractivity (Wildman–Crippen MR) is 120 cm³/mol. The Bertz CT molecular complexity index is 1140. The van der Waals surface area contributed by atoms with Crippen LogP contribution in [0.3, 0.4) is 0 Å². The molecule has 0 fully saturated rings. The summed E-state index contributed by atoms with van der Waals surface area (Å²) in [6.45, 7) is 0.765. The molecule has 0 saturated heterocycles. The first-order valence-electron chi connectivity index (χ1n) is 10.1. The summed E-state index contributed by atoms with van der Waals surface area (Å²) in [5.41, 5.74) is 2.99. The van der Waals surface area contributed by atoms with Crippen LogP contribution in [0.5, 0.6) is 11.5 Å². The third kappa shape index (κ3) is 3.83. The van der Waals surface area contributed by atoms with E-state index in [1.54, 1.807) is 34.6 Å². The first-order valence-corrected chi connectivity index (χ1v) is 10.1. The quantitative estimate of drug-likeness (QED) is 0.390. The smallest absolute Gasteiger partial charge is 0.339 e. The maximum atomic E-state index is 12.6. The van der Waals surface area contributed by atoms with Crippen LogP contribution in [-0.2, 0) is 20.8 Å². The van der Waals surface area contributed by atoms with Gasteiger partial charge in [-0.15, -0.1) is 0 Å². The van der Waals surface area contributed by atoms with E-state index < -0.39 is 0 Å². The number of hydrogen-bond acceptors (Lipinski definition) is 8. The molecule has 0 N–H and O–H groups in total. The lowest BCUT2D eigenvalue weighted by Crippen LogP contribution is -2.32. The number of esters is 1. The summed E-state index contributed by atoms with van der Waals surface area (Å²) < 4.78 is 26.8. The molecule has 8 nitrogen and oxygen atoms in total. The number of cyclic esters (lactones) is 1. The van der Waals surface area contributed by atoms with E-state index in [1.807, 2.05) is 42.3 Å². The van der Waals surface area contributed by atoms with Gasteiger partial charge in [0.15, 0.2) is 17.8 Å². The Balaban J connectivity index is 1.83.